The summed E-state index contributed by atoms with van der Waals surface area (Å²) >= 11 is 0. The monoisotopic (exact) mass is 419 g/mol. The van der Waals surface area contributed by atoms with Gasteiger partial charge in [0.15, 0.2) is 12.2 Å². The number of hydrogen-bond donors (Lipinski definition) is 2. The van der Waals surface area contributed by atoms with Crippen LogP contribution in [-0.2, 0) is 11.3 Å². The van der Waals surface area contributed by atoms with E-state index in [1.807, 2.05) is 50.2 Å². The number of nitrogens with one attached hydrogen (secondary N) is 1. The molecule has 0 unspecified atom stereocenters. The third-order valence-corrected chi connectivity index (χ3v) is 5.73. The number of benzene rings is 2. The molecule has 0 spiro atoms. The van der Waals surface area contributed by atoms with Gasteiger partial charge in [-0.15, -0.1) is 0 Å². The number of β-amino-alcohol motifs (C(OH)–C–C–N with tert-alkyl or cyclic N) is 1. The van der Waals surface area contributed by atoms with Gasteiger partial charge in [0.05, 0.1) is 12.3 Å². The van der Waals surface area contributed by atoms with Crippen LogP contribution in [0.4, 0.5) is 0 Å². The van der Waals surface area contributed by atoms with Gasteiger partial charge < -0.3 is 19.7 Å². The molecule has 3 aromatic rings. The average Bonchev–Trinajstić information content (AvgIpc) is 3.44. The first-order chi connectivity index (χ1) is 14.9. The van der Waals surface area contributed by atoms with Gasteiger partial charge in [0.1, 0.15) is 6.04 Å². The molecule has 0 radical (unpaired) electrons. The quantitative estimate of drug-likeness (QED) is 0.663. The maximum Gasteiger partial charge on any atom is 0.254 e. The minimum absolute atomic E-state index is 0.149. The van der Waals surface area contributed by atoms with Crippen LogP contribution < -0.4 is 5.32 Å². The minimum atomic E-state index is -0.715. The van der Waals surface area contributed by atoms with E-state index in [0.29, 0.717) is 17.9 Å². The van der Waals surface area contributed by atoms with Gasteiger partial charge in [-0.05, 0) is 42.7 Å². The highest BCUT2D eigenvalue weighted by atomic mass is 16.3. The van der Waals surface area contributed by atoms with E-state index in [1.165, 1.54) is 11.3 Å². The van der Waals surface area contributed by atoms with Crippen molar-refractivity contribution in [3.8, 4) is 11.3 Å². The predicted molar refractivity (Wildman–Crippen MR) is 115 cm³/mol. The first-order valence-corrected chi connectivity index (χ1v) is 10.2. The molecule has 1 aliphatic heterocycles. The first-order valence-electron chi connectivity index (χ1n) is 10.2. The highest BCUT2D eigenvalue weighted by Gasteiger charge is 2.39. The van der Waals surface area contributed by atoms with Crippen molar-refractivity contribution in [1.82, 2.24) is 15.2 Å². The summed E-state index contributed by atoms with van der Waals surface area (Å²) < 4.78 is 5.28. The van der Waals surface area contributed by atoms with E-state index >= 15 is 0 Å². The molecule has 7 nitrogen and oxygen atoms in total. The zero-order valence-corrected chi connectivity index (χ0v) is 17.5. The van der Waals surface area contributed by atoms with Gasteiger partial charge in [0.2, 0.25) is 5.91 Å². The SMILES string of the molecule is Cc1ccc(C(=O)N2C[C@H](O)C[C@H]2C(=O)NCc2ccc(-c3cnco3)cc2)cc1C. The number of aliphatic hydroxyl groups excluding tert-OH is 1. The molecule has 4 rings (SSSR count). The van der Waals surface area contributed by atoms with Crippen molar-refractivity contribution in [2.75, 3.05) is 6.54 Å². The van der Waals surface area contributed by atoms with Gasteiger partial charge in [0.25, 0.3) is 5.91 Å². The molecule has 7 heteroatoms. The number of aromatic nitrogens is 1. The fraction of sp³-hybridized carbons (Fsp3) is 0.292. The van der Waals surface area contributed by atoms with Gasteiger partial charge in [-0.25, -0.2) is 4.98 Å². The number of aliphatic hydroxyl groups is 1. The highest BCUT2D eigenvalue weighted by Crippen LogP contribution is 2.23. The lowest BCUT2D eigenvalue weighted by atomic mass is 10.1. The molecule has 2 heterocycles. The highest BCUT2D eigenvalue weighted by molar-refractivity contribution is 5.98. The molecule has 1 fully saturated rings. The van der Waals surface area contributed by atoms with Gasteiger partial charge >= 0.3 is 0 Å². The van der Waals surface area contributed by atoms with Crippen molar-refractivity contribution in [2.24, 2.45) is 0 Å². The summed E-state index contributed by atoms with van der Waals surface area (Å²) in [6, 6.07) is 12.4. The number of aryl methyl sites for hydroxylation is 2. The maximum absolute atomic E-state index is 13.0. The molecule has 1 aliphatic rings. The van der Waals surface area contributed by atoms with Crippen LogP contribution in [0.2, 0.25) is 0 Å². The van der Waals surface area contributed by atoms with E-state index in [1.54, 1.807) is 12.3 Å². The van der Waals surface area contributed by atoms with Crippen molar-refractivity contribution in [3.05, 3.63) is 77.3 Å². The smallest absolute Gasteiger partial charge is 0.254 e. The van der Waals surface area contributed by atoms with Crippen molar-refractivity contribution < 1.29 is 19.1 Å². The number of carbonyl (C=O) groups is 2. The molecule has 0 bridgehead atoms. The molecule has 160 valence electrons. The van der Waals surface area contributed by atoms with Crippen LogP contribution in [0.3, 0.4) is 0 Å². The zero-order chi connectivity index (χ0) is 22.0. The number of hydrogen-bond acceptors (Lipinski definition) is 5. The Balaban J connectivity index is 1.41. The lowest BCUT2D eigenvalue weighted by molar-refractivity contribution is -0.125. The molecule has 2 atom stereocenters. The molecular weight excluding hydrogens is 394 g/mol. The topological polar surface area (TPSA) is 95.7 Å². The second kappa shape index (κ2) is 8.73. The Kier molecular flexibility index (Phi) is 5.86. The summed E-state index contributed by atoms with van der Waals surface area (Å²) in [6.45, 7) is 4.41. The largest absolute Gasteiger partial charge is 0.444 e. The van der Waals surface area contributed by atoms with Crippen molar-refractivity contribution in [2.45, 2.75) is 39.0 Å². The van der Waals surface area contributed by atoms with E-state index in [0.717, 1.165) is 22.3 Å². The van der Waals surface area contributed by atoms with Crippen LogP contribution in [0.1, 0.15) is 33.5 Å². The fourth-order valence-corrected chi connectivity index (χ4v) is 3.78. The molecule has 2 amide bonds. The van der Waals surface area contributed by atoms with Gasteiger partial charge in [-0.1, -0.05) is 30.3 Å². The lowest BCUT2D eigenvalue weighted by Crippen LogP contribution is -2.45. The number of amides is 2. The molecule has 1 aromatic heterocycles. The van der Waals surface area contributed by atoms with Crippen LogP contribution >= 0.6 is 0 Å². The Morgan fingerprint density at radius 1 is 1.16 bits per heavy atom. The number of nitrogens with zero attached hydrogens (tertiary/aromatic N) is 2. The summed E-state index contributed by atoms with van der Waals surface area (Å²) in [5.41, 5.74) is 4.46. The number of oxazole rings is 1. The Morgan fingerprint density at radius 3 is 2.61 bits per heavy atom. The Bertz CT molecular complexity index is 1080. The summed E-state index contributed by atoms with van der Waals surface area (Å²) in [5, 5.41) is 13.0. The molecule has 31 heavy (non-hydrogen) atoms. The number of likely N-dealkylation sites (tertiary alicyclic amines) is 1. The fourth-order valence-electron chi connectivity index (χ4n) is 3.78. The van der Waals surface area contributed by atoms with Gasteiger partial charge in [0, 0.05) is 30.6 Å². The van der Waals surface area contributed by atoms with E-state index in [9.17, 15) is 14.7 Å². The summed E-state index contributed by atoms with van der Waals surface area (Å²) in [7, 11) is 0. The number of carbonyl (C=O) groups excluding carboxylic acids is 2. The molecule has 2 aromatic carbocycles. The van der Waals surface area contributed by atoms with Crippen LogP contribution in [-0.4, -0.2) is 45.5 Å². The van der Waals surface area contributed by atoms with E-state index < -0.39 is 12.1 Å². The van der Waals surface area contributed by atoms with Crippen molar-refractivity contribution in [3.63, 3.8) is 0 Å². The van der Waals surface area contributed by atoms with Crippen molar-refractivity contribution in [1.29, 1.82) is 0 Å². The third-order valence-electron chi connectivity index (χ3n) is 5.73. The van der Waals surface area contributed by atoms with Crippen LogP contribution in [0.25, 0.3) is 11.3 Å². The van der Waals surface area contributed by atoms with E-state index in [4.69, 9.17) is 4.42 Å². The van der Waals surface area contributed by atoms with Crippen LogP contribution in [0.5, 0.6) is 0 Å². The number of rotatable bonds is 5. The van der Waals surface area contributed by atoms with Crippen molar-refractivity contribution >= 4 is 11.8 Å². The molecular formula is C24H25N3O4. The van der Waals surface area contributed by atoms with E-state index in [2.05, 4.69) is 10.3 Å². The zero-order valence-electron chi connectivity index (χ0n) is 17.5. The Labute approximate surface area is 180 Å². The second-order valence-corrected chi connectivity index (χ2v) is 7.94. The summed E-state index contributed by atoms with van der Waals surface area (Å²) in [5.74, 6) is 0.167. The predicted octanol–water partition coefficient (Wildman–Crippen LogP) is 2.85. The van der Waals surface area contributed by atoms with Gasteiger partial charge in [-0.2, -0.15) is 0 Å². The average molecular weight is 419 g/mol. The molecule has 0 saturated carbocycles. The molecule has 0 aliphatic carbocycles. The third kappa shape index (κ3) is 4.51. The Hall–Kier alpha value is -3.45. The lowest BCUT2D eigenvalue weighted by Gasteiger charge is -2.24. The summed E-state index contributed by atoms with van der Waals surface area (Å²) in [6.07, 6.45) is 2.54. The van der Waals surface area contributed by atoms with Crippen LogP contribution in [0.15, 0.2) is 59.5 Å². The summed E-state index contributed by atoms with van der Waals surface area (Å²) in [4.78, 5) is 31.2. The maximum atomic E-state index is 13.0. The molecule has 2 N–H and O–H groups in total. The first kappa shape index (κ1) is 20.8. The normalized spacial score (nSPS) is 18.2. The van der Waals surface area contributed by atoms with Crippen LogP contribution in [0, 0.1) is 13.8 Å². The standard InChI is InChI=1S/C24H25N3O4/c1-15-3-6-19(9-16(15)2)24(30)27-13-20(28)10-21(27)23(29)26-11-17-4-7-18(8-5-17)22-12-25-14-31-22/h3-9,12,14,20-21,28H,10-11,13H2,1-2H3,(H,26,29)/t20-,21+/m1/s1. The van der Waals surface area contributed by atoms with Gasteiger partial charge in [-0.3, -0.25) is 9.59 Å². The Morgan fingerprint density at radius 2 is 1.94 bits per heavy atom. The molecule has 1 saturated heterocycles. The van der Waals surface area contributed by atoms with E-state index in [-0.39, 0.29) is 24.8 Å². The second-order valence-electron chi connectivity index (χ2n) is 7.94. The minimum Gasteiger partial charge on any atom is -0.444 e.